The molecule has 0 aliphatic heterocycles. The Balaban J connectivity index is 1.81. The molecule has 0 unspecified atom stereocenters. The first kappa shape index (κ1) is 19.0. The Bertz CT molecular complexity index is 768. The Morgan fingerprint density at radius 1 is 1.16 bits per heavy atom. The standard InChI is InChI=1S/C17H18BrFN4O2/c1-11-3-5-13(7-14(11)19)21-16(24)9-23(2)10-17(25)22-15-6-4-12(18)8-20-15/h3-8H,9-10H2,1-2H3,(H,21,24)(H,20,22,25). The molecule has 0 saturated carbocycles. The van der Waals surface area contributed by atoms with Crippen molar-refractivity contribution in [1.29, 1.82) is 0 Å². The molecule has 1 aromatic carbocycles. The van der Waals surface area contributed by atoms with E-state index >= 15 is 0 Å². The molecule has 6 nitrogen and oxygen atoms in total. The van der Waals surface area contributed by atoms with Crippen LogP contribution in [0.2, 0.25) is 0 Å². The van der Waals surface area contributed by atoms with Crippen LogP contribution in [0.25, 0.3) is 0 Å². The van der Waals surface area contributed by atoms with Gasteiger partial charge in [0.25, 0.3) is 0 Å². The summed E-state index contributed by atoms with van der Waals surface area (Å²) in [6, 6.07) is 7.91. The highest BCUT2D eigenvalue weighted by Crippen LogP contribution is 2.13. The van der Waals surface area contributed by atoms with Gasteiger partial charge in [-0.05, 0) is 59.7 Å². The lowest BCUT2D eigenvalue weighted by Gasteiger charge is -2.16. The molecule has 132 valence electrons. The van der Waals surface area contributed by atoms with Crippen molar-refractivity contribution in [1.82, 2.24) is 9.88 Å². The number of nitrogens with one attached hydrogen (secondary N) is 2. The Morgan fingerprint density at radius 3 is 2.44 bits per heavy atom. The van der Waals surface area contributed by atoms with Crippen LogP contribution in [0.15, 0.2) is 41.0 Å². The van der Waals surface area contributed by atoms with E-state index in [9.17, 15) is 14.0 Å². The van der Waals surface area contributed by atoms with Crippen molar-refractivity contribution in [2.45, 2.75) is 6.92 Å². The normalized spacial score (nSPS) is 10.6. The van der Waals surface area contributed by atoms with Crippen LogP contribution in [0.1, 0.15) is 5.56 Å². The highest BCUT2D eigenvalue weighted by Gasteiger charge is 2.12. The molecule has 1 heterocycles. The number of anilines is 2. The van der Waals surface area contributed by atoms with Crippen LogP contribution >= 0.6 is 15.9 Å². The molecule has 2 N–H and O–H groups in total. The van der Waals surface area contributed by atoms with Gasteiger partial charge in [0.15, 0.2) is 0 Å². The minimum absolute atomic E-state index is 0.00329. The van der Waals surface area contributed by atoms with Crippen LogP contribution in [0, 0.1) is 12.7 Å². The summed E-state index contributed by atoms with van der Waals surface area (Å²) in [7, 11) is 1.64. The summed E-state index contributed by atoms with van der Waals surface area (Å²) in [5.41, 5.74) is 0.887. The molecule has 8 heteroatoms. The van der Waals surface area contributed by atoms with E-state index < -0.39 is 0 Å². The number of likely N-dealkylation sites (N-methyl/N-ethyl adjacent to an activating group) is 1. The molecule has 0 spiro atoms. The number of benzene rings is 1. The van der Waals surface area contributed by atoms with Crippen molar-refractivity contribution < 1.29 is 14.0 Å². The first-order chi connectivity index (χ1) is 11.8. The van der Waals surface area contributed by atoms with Crippen molar-refractivity contribution >= 4 is 39.2 Å². The predicted molar refractivity (Wildman–Crippen MR) is 97.8 cm³/mol. The van der Waals surface area contributed by atoms with E-state index in [-0.39, 0.29) is 30.7 Å². The zero-order valence-corrected chi connectivity index (χ0v) is 15.4. The maximum atomic E-state index is 13.5. The molecule has 2 aromatic rings. The highest BCUT2D eigenvalue weighted by atomic mass is 79.9. The number of hydrogen-bond acceptors (Lipinski definition) is 4. The largest absolute Gasteiger partial charge is 0.325 e. The van der Waals surface area contributed by atoms with Crippen LogP contribution in [0.4, 0.5) is 15.9 Å². The van der Waals surface area contributed by atoms with Crippen molar-refractivity contribution in [2.24, 2.45) is 0 Å². The van der Waals surface area contributed by atoms with Gasteiger partial charge in [-0.1, -0.05) is 6.07 Å². The molecule has 0 saturated heterocycles. The summed E-state index contributed by atoms with van der Waals surface area (Å²) in [6.45, 7) is 1.66. The number of nitrogens with zero attached hydrogens (tertiary/aromatic N) is 2. The Morgan fingerprint density at radius 2 is 1.84 bits per heavy atom. The first-order valence-corrected chi connectivity index (χ1v) is 8.29. The third kappa shape index (κ3) is 6.24. The lowest BCUT2D eigenvalue weighted by Crippen LogP contribution is -2.36. The van der Waals surface area contributed by atoms with Crippen LogP contribution in [0.5, 0.6) is 0 Å². The zero-order valence-electron chi connectivity index (χ0n) is 13.8. The van der Waals surface area contributed by atoms with E-state index in [1.165, 1.54) is 6.07 Å². The summed E-state index contributed by atoms with van der Waals surface area (Å²) in [4.78, 5) is 29.5. The van der Waals surface area contributed by atoms with Crippen LogP contribution in [-0.4, -0.2) is 41.8 Å². The number of hydrogen-bond donors (Lipinski definition) is 2. The SMILES string of the molecule is Cc1ccc(NC(=O)CN(C)CC(=O)Nc2ccc(Br)cn2)cc1F. The molecule has 2 rings (SSSR count). The van der Waals surface area contributed by atoms with Crippen LogP contribution in [-0.2, 0) is 9.59 Å². The third-order valence-corrected chi connectivity index (χ3v) is 3.75. The summed E-state index contributed by atoms with van der Waals surface area (Å²) >= 11 is 3.26. The van der Waals surface area contributed by atoms with Gasteiger partial charge in [0.2, 0.25) is 11.8 Å². The van der Waals surface area contributed by atoms with E-state index in [2.05, 4.69) is 31.5 Å². The van der Waals surface area contributed by atoms with Gasteiger partial charge < -0.3 is 10.6 Å². The summed E-state index contributed by atoms with van der Waals surface area (Å²) in [6.07, 6.45) is 1.58. The molecule has 25 heavy (non-hydrogen) atoms. The van der Waals surface area contributed by atoms with E-state index in [0.29, 0.717) is 17.1 Å². The molecular formula is C17H18BrFN4O2. The van der Waals surface area contributed by atoms with E-state index in [1.807, 2.05) is 0 Å². The zero-order chi connectivity index (χ0) is 18.4. The fourth-order valence-corrected chi connectivity index (χ4v) is 2.28. The summed E-state index contributed by atoms with van der Waals surface area (Å²) in [5, 5.41) is 5.24. The molecule has 0 aliphatic carbocycles. The second-order valence-electron chi connectivity index (χ2n) is 5.59. The van der Waals surface area contributed by atoms with Gasteiger partial charge in [-0.15, -0.1) is 0 Å². The van der Waals surface area contributed by atoms with Gasteiger partial charge in [0.1, 0.15) is 11.6 Å². The second-order valence-corrected chi connectivity index (χ2v) is 6.51. The van der Waals surface area contributed by atoms with Crippen LogP contribution < -0.4 is 10.6 Å². The second kappa shape index (κ2) is 8.68. The number of rotatable bonds is 6. The molecule has 1 aromatic heterocycles. The van der Waals surface area contributed by atoms with E-state index in [0.717, 1.165) is 4.47 Å². The lowest BCUT2D eigenvalue weighted by molar-refractivity contribution is -0.119. The molecule has 0 aliphatic rings. The number of aromatic nitrogens is 1. The number of carbonyl (C=O) groups is 2. The predicted octanol–water partition coefficient (Wildman–Crippen LogP) is 2.80. The molecule has 2 amide bonds. The molecule has 0 atom stereocenters. The molecule has 0 bridgehead atoms. The number of halogens is 2. The van der Waals surface area contributed by atoms with E-state index in [1.54, 1.807) is 49.3 Å². The summed E-state index contributed by atoms with van der Waals surface area (Å²) in [5.74, 6) is -0.569. The smallest absolute Gasteiger partial charge is 0.239 e. The van der Waals surface area contributed by atoms with Crippen molar-refractivity contribution in [3.63, 3.8) is 0 Å². The van der Waals surface area contributed by atoms with Gasteiger partial charge in [0.05, 0.1) is 13.1 Å². The number of pyridine rings is 1. The minimum atomic E-state index is -0.382. The minimum Gasteiger partial charge on any atom is -0.325 e. The van der Waals surface area contributed by atoms with Gasteiger partial charge in [-0.3, -0.25) is 14.5 Å². The topological polar surface area (TPSA) is 74.3 Å². The molecular weight excluding hydrogens is 391 g/mol. The van der Waals surface area contributed by atoms with Gasteiger partial charge in [-0.25, -0.2) is 9.37 Å². The maximum Gasteiger partial charge on any atom is 0.239 e. The van der Waals surface area contributed by atoms with E-state index in [4.69, 9.17) is 0 Å². The van der Waals surface area contributed by atoms with Crippen LogP contribution in [0.3, 0.4) is 0 Å². The summed E-state index contributed by atoms with van der Waals surface area (Å²) < 4.78 is 14.3. The highest BCUT2D eigenvalue weighted by molar-refractivity contribution is 9.10. The van der Waals surface area contributed by atoms with Crippen molar-refractivity contribution in [3.05, 3.63) is 52.4 Å². The van der Waals surface area contributed by atoms with Crippen molar-refractivity contribution in [2.75, 3.05) is 30.8 Å². The van der Waals surface area contributed by atoms with Crippen molar-refractivity contribution in [3.8, 4) is 0 Å². The van der Waals surface area contributed by atoms with Gasteiger partial charge in [-0.2, -0.15) is 0 Å². The average molecular weight is 409 g/mol. The molecule has 0 radical (unpaired) electrons. The first-order valence-electron chi connectivity index (χ1n) is 7.49. The number of carbonyl (C=O) groups excluding carboxylic acids is 2. The maximum absolute atomic E-state index is 13.5. The number of aryl methyl sites for hydroxylation is 1. The fourth-order valence-electron chi connectivity index (χ4n) is 2.05. The Hall–Kier alpha value is -2.32. The van der Waals surface area contributed by atoms with Gasteiger partial charge in [0, 0.05) is 16.4 Å². The fraction of sp³-hybridized carbons (Fsp3) is 0.235. The monoisotopic (exact) mass is 408 g/mol. The average Bonchev–Trinajstić information content (AvgIpc) is 2.52. The lowest BCUT2D eigenvalue weighted by atomic mass is 10.2. The third-order valence-electron chi connectivity index (χ3n) is 3.28. The van der Waals surface area contributed by atoms with Gasteiger partial charge >= 0.3 is 0 Å². The Kier molecular flexibility index (Phi) is 6.60. The Labute approximate surface area is 153 Å². The molecule has 0 fully saturated rings. The number of amides is 2. The quantitative estimate of drug-likeness (QED) is 0.770.